The molecule has 0 bridgehead atoms. The highest BCUT2D eigenvalue weighted by molar-refractivity contribution is 5.99. The van der Waals surface area contributed by atoms with E-state index >= 15 is 0 Å². The van der Waals surface area contributed by atoms with Crippen LogP contribution in [0.3, 0.4) is 0 Å². The topological polar surface area (TPSA) is 83.1 Å². The quantitative estimate of drug-likeness (QED) is 0.617. The predicted molar refractivity (Wildman–Crippen MR) is 115 cm³/mol. The van der Waals surface area contributed by atoms with Crippen LogP contribution in [0.1, 0.15) is 42.1 Å². The minimum Gasteiger partial charge on any atom is -0.493 e. The lowest BCUT2D eigenvalue weighted by molar-refractivity contribution is -0.148. The second-order valence-electron chi connectivity index (χ2n) is 7.73. The van der Waals surface area contributed by atoms with Crippen LogP contribution < -0.4 is 19.5 Å². The highest BCUT2D eigenvalue weighted by atomic mass is 16.6. The summed E-state index contributed by atoms with van der Waals surface area (Å²) in [6, 6.07) is 9.28. The largest absolute Gasteiger partial charge is 0.493 e. The summed E-state index contributed by atoms with van der Waals surface area (Å²) in [5, 5.41) is 2.82. The van der Waals surface area contributed by atoms with Gasteiger partial charge in [-0.3, -0.25) is 4.79 Å². The summed E-state index contributed by atoms with van der Waals surface area (Å²) >= 11 is 0. The monoisotopic (exact) mass is 425 g/mol. The van der Waals surface area contributed by atoms with E-state index in [-0.39, 0.29) is 12.5 Å². The zero-order valence-electron chi connectivity index (χ0n) is 17.9. The summed E-state index contributed by atoms with van der Waals surface area (Å²) in [4.78, 5) is 24.1. The zero-order chi connectivity index (χ0) is 21.8. The molecule has 0 unspecified atom stereocenters. The van der Waals surface area contributed by atoms with E-state index in [4.69, 9.17) is 18.9 Å². The lowest BCUT2D eigenvalue weighted by Crippen LogP contribution is -2.23. The van der Waals surface area contributed by atoms with Crippen molar-refractivity contribution in [3.63, 3.8) is 0 Å². The maximum Gasteiger partial charge on any atom is 0.344 e. The standard InChI is InChI=1S/C24H27NO6/c1-3-29-23-20(28-2)10-9-18(16-7-8-19-17(11-16)12-25-24(19)27)22(23)31-14-21(26)30-13-15-5-4-6-15/h7-11,15H,3-6,12-14H2,1-2H3,(H,25,27). The molecule has 2 aliphatic rings. The summed E-state index contributed by atoms with van der Waals surface area (Å²) in [7, 11) is 1.56. The second-order valence-corrected chi connectivity index (χ2v) is 7.73. The van der Waals surface area contributed by atoms with Gasteiger partial charge in [0.2, 0.25) is 5.75 Å². The highest BCUT2D eigenvalue weighted by Crippen LogP contribution is 2.45. The van der Waals surface area contributed by atoms with Gasteiger partial charge in [-0.1, -0.05) is 12.5 Å². The first-order valence-corrected chi connectivity index (χ1v) is 10.6. The number of fused-ring (bicyclic) bond motifs is 1. The van der Waals surface area contributed by atoms with Crippen molar-refractivity contribution in [3.8, 4) is 28.4 Å². The maximum absolute atomic E-state index is 12.3. The van der Waals surface area contributed by atoms with E-state index in [1.807, 2.05) is 25.1 Å². The van der Waals surface area contributed by atoms with Gasteiger partial charge in [0.25, 0.3) is 5.91 Å². The predicted octanol–water partition coefficient (Wildman–Crippen LogP) is 3.73. The molecule has 7 heteroatoms. The van der Waals surface area contributed by atoms with Crippen molar-refractivity contribution in [2.75, 3.05) is 26.9 Å². The molecule has 1 aliphatic carbocycles. The highest BCUT2D eigenvalue weighted by Gasteiger charge is 2.24. The van der Waals surface area contributed by atoms with Gasteiger partial charge in [-0.15, -0.1) is 0 Å². The molecule has 2 aromatic carbocycles. The average Bonchev–Trinajstić information content (AvgIpc) is 3.11. The summed E-state index contributed by atoms with van der Waals surface area (Å²) in [5.74, 6) is 1.35. The molecule has 0 radical (unpaired) electrons. The lowest BCUT2D eigenvalue weighted by Gasteiger charge is -2.24. The molecule has 31 heavy (non-hydrogen) atoms. The molecule has 0 atom stereocenters. The van der Waals surface area contributed by atoms with E-state index in [9.17, 15) is 9.59 Å². The molecule has 0 spiro atoms. The SMILES string of the molecule is CCOc1c(OC)ccc(-c2ccc3c(c2)CNC3=O)c1OCC(=O)OCC1CCC1. The van der Waals surface area contributed by atoms with Gasteiger partial charge in [-0.2, -0.15) is 0 Å². The van der Waals surface area contributed by atoms with Crippen molar-refractivity contribution in [1.82, 2.24) is 5.32 Å². The van der Waals surface area contributed by atoms with Gasteiger partial charge in [0.05, 0.1) is 20.3 Å². The fraction of sp³-hybridized carbons (Fsp3) is 0.417. The first kappa shape index (κ1) is 21.0. The fourth-order valence-electron chi connectivity index (χ4n) is 3.80. The van der Waals surface area contributed by atoms with Gasteiger partial charge >= 0.3 is 5.97 Å². The van der Waals surface area contributed by atoms with Crippen LogP contribution in [0.5, 0.6) is 17.2 Å². The lowest BCUT2D eigenvalue weighted by atomic mass is 9.86. The Morgan fingerprint density at radius 3 is 2.61 bits per heavy atom. The molecule has 1 saturated carbocycles. The first-order valence-electron chi connectivity index (χ1n) is 10.6. The molecule has 1 N–H and O–H groups in total. The third kappa shape index (κ3) is 4.45. The smallest absolute Gasteiger partial charge is 0.344 e. The Bertz CT molecular complexity index is 982. The molecule has 1 aliphatic heterocycles. The van der Waals surface area contributed by atoms with Crippen LogP contribution >= 0.6 is 0 Å². The van der Waals surface area contributed by atoms with Crippen LogP contribution in [0, 0.1) is 5.92 Å². The van der Waals surface area contributed by atoms with E-state index in [0.717, 1.165) is 29.5 Å². The summed E-state index contributed by atoms with van der Waals surface area (Å²) in [6.07, 6.45) is 3.42. The van der Waals surface area contributed by atoms with Gasteiger partial charge in [-0.25, -0.2) is 4.79 Å². The van der Waals surface area contributed by atoms with Crippen LogP contribution in [0.2, 0.25) is 0 Å². The van der Waals surface area contributed by atoms with Crippen LogP contribution in [0.15, 0.2) is 30.3 Å². The number of hydrogen-bond acceptors (Lipinski definition) is 6. The number of carbonyl (C=O) groups is 2. The molecule has 0 saturated heterocycles. The number of esters is 1. The van der Waals surface area contributed by atoms with Crippen LogP contribution in [-0.4, -0.2) is 38.8 Å². The van der Waals surface area contributed by atoms with Gasteiger partial charge < -0.3 is 24.3 Å². The average molecular weight is 425 g/mol. The Morgan fingerprint density at radius 2 is 1.90 bits per heavy atom. The minimum atomic E-state index is -0.410. The van der Waals surface area contributed by atoms with Gasteiger partial charge in [0.1, 0.15) is 0 Å². The van der Waals surface area contributed by atoms with Crippen molar-refractivity contribution in [2.24, 2.45) is 5.92 Å². The molecular formula is C24H27NO6. The normalized spacial score (nSPS) is 15.0. The number of benzene rings is 2. The molecule has 1 fully saturated rings. The number of carbonyl (C=O) groups excluding carboxylic acids is 2. The molecule has 164 valence electrons. The van der Waals surface area contributed by atoms with Crippen molar-refractivity contribution in [1.29, 1.82) is 0 Å². The third-order valence-electron chi connectivity index (χ3n) is 5.72. The number of ether oxygens (including phenoxy) is 4. The Balaban J connectivity index is 1.62. The molecule has 2 aromatic rings. The fourth-order valence-corrected chi connectivity index (χ4v) is 3.80. The Kier molecular flexibility index (Phi) is 6.30. The number of rotatable bonds is 9. The van der Waals surface area contributed by atoms with Gasteiger partial charge in [0, 0.05) is 17.7 Å². The van der Waals surface area contributed by atoms with Gasteiger partial charge in [0.15, 0.2) is 18.1 Å². The van der Waals surface area contributed by atoms with E-state index in [2.05, 4.69) is 5.32 Å². The second kappa shape index (κ2) is 9.29. The molecule has 1 heterocycles. The number of methoxy groups -OCH3 is 1. The summed E-state index contributed by atoms with van der Waals surface area (Å²) in [5.41, 5.74) is 3.20. The number of hydrogen-bond donors (Lipinski definition) is 1. The van der Waals surface area contributed by atoms with Crippen molar-refractivity contribution in [2.45, 2.75) is 32.7 Å². The first-order chi connectivity index (χ1) is 15.1. The van der Waals surface area contributed by atoms with Crippen LogP contribution in [0.25, 0.3) is 11.1 Å². The number of nitrogens with one attached hydrogen (secondary N) is 1. The molecule has 1 amide bonds. The summed E-state index contributed by atoms with van der Waals surface area (Å²) in [6.45, 7) is 2.98. The minimum absolute atomic E-state index is 0.0723. The maximum atomic E-state index is 12.3. The molecule has 0 aromatic heterocycles. The Hall–Kier alpha value is -3.22. The van der Waals surface area contributed by atoms with Crippen LogP contribution in [0.4, 0.5) is 0 Å². The van der Waals surface area contributed by atoms with Gasteiger partial charge in [-0.05, 0) is 61.1 Å². The molecule has 7 nitrogen and oxygen atoms in total. The van der Waals surface area contributed by atoms with Crippen molar-refractivity contribution in [3.05, 3.63) is 41.5 Å². The Labute approximate surface area is 181 Å². The Morgan fingerprint density at radius 1 is 1.10 bits per heavy atom. The van der Waals surface area contributed by atoms with E-state index in [0.29, 0.717) is 48.5 Å². The van der Waals surface area contributed by atoms with Crippen molar-refractivity contribution < 1.29 is 28.5 Å². The zero-order valence-corrected chi connectivity index (χ0v) is 17.9. The number of amides is 1. The van der Waals surface area contributed by atoms with Crippen molar-refractivity contribution >= 4 is 11.9 Å². The molecular weight excluding hydrogens is 398 g/mol. The van der Waals surface area contributed by atoms with Crippen LogP contribution in [-0.2, 0) is 16.1 Å². The van der Waals surface area contributed by atoms with E-state index in [1.165, 1.54) is 6.42 Å². The summed E-state index contributed by atoms with van der Waals surface area (Å²) < 4.78 is 22.6. The van der Waals surface area contributed by atoms with E-state index in [1.54, 1.807) is 19.2 Å². The third-order valence-corrected chi connectivity index (χ3v) is 5.72. The van der Waals surface area contributed by atoms with E-state index < -0.39 is 5.97 Å². The molecule has 4 rings (SSSR count).